The van der Waals surface area contributed by atoms with Gasteiger partial charge in [-0.25, -0.2) is 0 Å². The Labute approximate surface area is 98.9 Å². The van der Waals surface area contributed by atoms with Crippen LogP contribution in [0, 0.1) is 0 Å². The summed E-state index contributed by atoms with van der Waals surface area (Å²) < 4.78 is 0. The summed E-state index contributed by atoms with van der Waals surface area (Å²) >= 11 is 0. The number of rotatable bonds is 3. The van der Waals surface area contributed by atoms with Crippen molar-refractivity contribution < 1.29 is 0 Å². The molecule has 88 valence electrons. The number of likely N-dealkylation sites (N-methyl/N-ethyl adjacent to an activating group) is 1. The zero-order valence-electron chi connectivity index (χ0n) is 10.6. The van der Waals surface area contributed by atoms with Crippen molar-refractivity contribution in [1.82, 2.24) is 4.90 Å². The molecular weight excluding hydrogens is 196 g/mol. The highest BCUT2D eigenvalue weighted by Gasteiger charge is 2.30. The van der Waals surface area contributed by atoms with Crippen molar-refractivity contribution in [3.63, 3.8) is 0 Å². The lowest BCUT2D eigenvalue weighted by atomic mass is 10.2. The molecule has 0 aromatic heterocycles. The minimum Gasteiger partial charge on any atom is -0.367 e. The molecule has 0 aliphatic carbocycles. The first kappa shape index (κ1) is 11.5. The van der Waals surface area contributed by atoms with E-state index in [0.717, 1.165) is 13.1 Å². The maximum atomic E-state index is 2.52. The van der Waals surface area contributed by atoms with Gasteiger partial charge in [-0.15, -0.1) is 0 Å². The molecule has 1 fully saturated rings. The maximum Gasteiger partial charge on any atom is 0.0369 e. The van der Waals surface area contributed by atoms with E-state index in [4.69, 9.17) is 0 Å². The van der Waals surface area contributed by atoms with Crippen LogP contribution in [0.15, 0.2) is 30.3 Å². The van der Waals surface area contributed by atoms with Crippen molar-refractivity contribution >= 4 is 5.69 Å². The average Bonchev–Trinajstić information content (AvgIpc) is 2.71. The predicted molar refractivity (Wildman–Crippen MR) is 70.0 cm³/mol. The first-order valence-electron chi connectivity index (χ1n) is 6.24. The average molecular weight is 218 g/mol. The van der Waals surface area contributed by atoms with Crippen LogP contribution in [0.3, 0.4) is 0 Å². The fourth-order valence-electron chi connectivity index (χ4n) is 2.56. The van der Waals surface area contributed by atoms with E-state index >= 15 is 0 Å². The number of anilines is 1. The number of nitrogens with zero attached hydrogens (tertiary/aromatic N) is 2. The molecule has 2 unspecified atom stereocenters. The summed E-state index contributed by atoms with van der Waals surface area (Å²) in [5, 5.41) is 0. The molecule has 1 saturated heterocycles. The van der Waals surface area contributed by atoms with E-state index in [1.807, 2.05) is 0 Å². The van der Waals surface area contributed by atoms with E-state index in [2.05, 4.69) is 61.0 Å². The normalized spacial score (nSPS) is 25.4. The molecule has 0 bridgehead atoms. The second kappa shape index (κ2) is 4.88. The van der Waals surface area contributed by atoms with Gasteiger partial charge in [0.1, 0.15) is 0 Å². The summed E-state index contributed by atoms with van der Waals surface area (Å²) in [6, 6.07) is 12.1. The van der Waals surface area contributed by atoms with Crippen LogP contribution >= 0.6 is 0 Å². The smallest absolute Gasteiger partial charge is 0.0369 e. The molecule has 2 heteroatoms. The molecule has 1 aliphatic rings. The van der Waals surface area contributed by atoms with Crippen LogP contribution in [0.1, 0.15) is 20.3 Å². The molecule has 1 aromatic rings. The lowest BCUT2D eigenvalue weighted by Gasteiger charge is -2.25. The van der Waals surface area contributed by atoms with Crippen molar-refractivity contribution in [2.45, 2.75) is 32.4 Å². The fourth-order valence-corrected chi connectivity index (χ4v) is 2.56. The Kier molecular flexibility index (Phi) is 3.49. The van der Waals surface area contributed by atoms with Crippen molar-refractivity contribution in [2.24, 2.45) is 0 Å². The fraction of sp³-hybridized carbons (Fsp3) is 0.571. The third-order valence-corrected chi connectivity index (χ3v) is 3.76. The number of hydrogen-bond donors (Lipinski definition) is 0. The quantitative estimate of drug-likeness (QED) is 0.769. The molecule has 16 heavy (non-hydrogen) atoms. The summed E-state index contributed by atoms with van der Waals surface area (Å²) in [6.45, 7) is 6.86. The van der Waals surface area contributed by atoms with Gasteiger partial charge in [-0.1, -0.05) is 25.1 Å². The van der Waals surface area contributed by atoms with Gasteiger partial charge in [0.2, 0.25) is 0 Å². The molecule has 1 aromatic carbocycles. The van der Waals surface area contributed by atoms with Crippen LogP contribution in [0.4, 0.5) is 5.69 Å². The third kappa shape index (κ3) is 2.22. The molecule has 2 nitrogen and oxygen atoms in total. The minimum atomic E-state index is 0.654. The van der Waals surface area contributed by atoms with E-state index in [1.54, 1.807) is 0 Å². The van der Waals surface area contributed by atoms with Gasteiger partial charge in [0.15, 0.2) is 0 Å². The van der Waals surface area contributed by atoms with E-state index < -0.39 is 0 Å². The third-order valence-electron chi connectivity index (χ3n) is 3.76. The van der Waals surface area contributed by atoms with Gasteiger partial charge >= 0.3 is 0 Å². The molecule has 0 saturated carbocycles. The first-order chi connectivity index (χ1) is 7.72. The zero-order chi connectivity index (χ0) is 11.5. The van der Waals surface area contributed by atoms with Crippen LogP contribution in [-0.4, -0.2) is 37.1 Å². The molecule has 2 rings (SSSR count). The van der Waals surface area contributed by atoms with E-state index in [1.165, 1.54) is 12.1 Å². The van der Waals surface area contributed by atoms with E-state index in [0.29, 0.717) is 12.1 Å². The lowest BCUT2D eigenvalue weighted by molar-refractivity contribution is 0.269. The van der Waals surface area contributed by atoms with Crippen LogP contribution in [0.25, 0.3) is 0 Å². The van der Waals surface area contributed by atoms with Gasteiger partial charge in [-0.2, -0.15) is 0 Å². The maximum absolute atomic E-state index is 2.52. The second-order valence-electron chi connectivity index (χ2n) is 4.80. The van der Waals surface area contributed by atoms with Crippen LogP contribution < -0.4 is 4.90 Å². The van der Waals surface area contributed by atoms with E-state index in [-0.39, 0.29) is 0 Å². The minimum absolute atomic E-state index is 0.654. The highest BCUT2D eigenvalue weighted by molar-refractivity contribution is 5.48. The Morgan fingerprint density at radius 2 is 2.00 bits per heavy atom. The summed E-state index contributed by atoms with van der Waals surface area (Å²) in [4.78, 5) is 4.98. The SMILES string of the molecule is CCN(C)C1CC(C)N(c2ccccc2)C1. The van der Waals surface area contributed by atoms with Gasteiger partial charge in [-0.05, 0) is 39.1 Å². The molecule has 0 radical (unpaired) electrons. The van der Waals surface area contributed by atoms with Crippen LogP contribution in [0.5, 0.6) is 0 Å². The molecule has 1 heterocycles. The molecule has 0 spiro atoms. The standard InChI is InChI=1S/C14H22N2/c1-4-15(3)14-10-12(2)16(11-14)13-8-6-5-7-9-13/h5-9,12,14H,4,10-11H2,1-3H3. The zero-order valence-corrected chi connectivity index (χ0v) is 10.6. The largest absolute Gasteiger partial charge is 0.367 e. The Hall–Kier alpha value is -1.02. The number of hydrogen-bond acceptors (Lipinski definition) is 2. The molecule has 0 amide bonds. The molecular formula is C14H22N2. The lowest BCUT2D eigenvalue weighted by Crippen LogP contribution is -2.34. The topological polar surface area (TPSA) is 6.48 Å². The Balaban J connectivity index is 2.08. The van der Waals surface area contributed by atoms with Crippen LogP contribution in [-0.2, 0) is 0 Å². The summed E-state index contributed by atoms with van der Waals surface area (Å²) in [5.74, 6) is 0. The van der Waals surface area contributed by atoms with Gasteiger partial charge in [-0.3, -0.25) is 0 Å². The van der Waals surface area contributed by atoms with Crippen molar-refractivity contribution in [2.75, 3.05) is 25.0 Å². The first-order valence-corrected chi connectivity index (χ1v) is 6.24. The summed E-state index contributed by atoms with van der Waals surface area (Å²) in [5.41, 5.74) is 1.36. The van der Waals surface area contributed by atoms with Gasteiger partial charge in [0, 0.05) is 24.3 Å². The molecule has 2 atom stereocenters. The monoisotopic (exact) mass is 218 g/mol. The Morgan fingerprint density at radius 3 is 2.62 bits per heavy atom. The van der Waals surface area contributed by atoms with Gasteiger partial charge in [0.05, 0.1) is 0 Å². The van der Waals surface area contributed by atoms with E-state index in [9.17, 15) is 0 Å². The Morgan fingerprint density at radius 1 is 1.31 bits per heavy atom. The molecule has 1 aliphatic heterocycles. The molecule has 0 N–H and O–H groups in total. The van der Waals surface area contributed by atoms with Gasteiger partial charge < -0.3 is 9.80 Å². The second-order valence-corrected chi connectivity index (χ2v) is 4.80. The number of para-hydroxylation sites is 1. The Bertz CT molecular complexity index is 323. The summed E-state index contributed by atoms with van der Waals surface area (Å²) in [7, 11) is 2.23. The van der Waals surface area contributed by atoms with Gasteiger partial charge in [0.25, 0.3) is 0 Å². The van der Waals surface area contributed by atoms with Crippen molar-refractivity contribution in [1.29, 1.82) is 0 Å². The van der Waals surface area contributed by atoms with Crippen LogP contribution in [0.2, 0.25) is 0 Å². The highest BCUT2D eigenvalue weighted by atomic mass is 15.3. The predicted octanol–water partition coefficient (Wildman–Crippen LogP) is 2.61. The highest BCUT2D eigenvalue weighted by Crippen LogP contribution is 2.27. The number of benzene rings is 1. The van der Waals surface area contributed by atoms with Crippen molar-refractivity contribution in [3.05, 3.63) is 30.3 Å². The summed E-state index contributed by atoms with van der Waals surface area (Å²) in [6.07, 6.45) is 1.28. The van der Waals surface area contributed by atoms with Crippen molar-refractivity contribution in [3.8, 4) is 0 Å².